The maximum absolute atomic E-state index is 12.9. The molecule has 0 unspecified atom stereocenters. The van der Waals surface area contributed by atoms with Gasteiger partial charge in [-0.3, -0.25) is 19.4 Å². The fourth-order valence-corrected chi connectivity index (χ4v) is 3.63. The van der Waals surface area contributed by atoms with Gasteiger partial charge < -0.3 is 9.47 Å². The number of carbonyl (C=O) groups is 3. The molecule has 0 N–H and O–H groups in total. The highest BCUT2D eigenvalue weighted by Gasteiger charge is 2.68. The van der Waals surface area contributed by atoms with E-state index >= 15 is 0 Å². The van der Waals surface area contributed by atoms with Crippen molar-refractivity contribution in [1.82, 2.24) is 4.98 Å². The van der Waals surface area contributed by atoms with E-state index in [9.17, 15) is 14.4 Å². The average Bonchev–Trinajstić information content (AvgIpc) is 3.17. The molecule has 7 nitrogen and oxygen atoms in total. The molecule has 2 bridgehead atoms. The van der Waals surface area contributed by atoms with Crippen molar-refractivity contribution in [3.8, 4) is 0 Å². The highest BCUT2D eigenvalue weighted by molar-refractivity contribution is 6.23. The minimum absolute atomic E-state index is 0.0697. The molecule has 23 heavy (non-hydrogen) atoms. The van der Waals surface area contributed by atoms with Crippen LogP contribution in [0.3, 0.4) is 0 Å². The van der Waals surface area contributed by atoms with Gasteiger partial charge in [-0.1, -0.05) is 6.08 Å². The topological polar surface area (TPSA) is 85.8 Å². The highest BCUT2D eigenvalue weighted by atomic mass is 16.6. The minimum Gasteiger partial charge on any atom is -0.462 e. The van der Waals surface area contributed by atoms with E-state index in [0.717, 1.165) is 0 Å². The van der Waals surface area contributed by atoms with Crippen LogP contribution >= 0.6 is 0 Å². The lowest BCUT2D eigenvalue weighted by Crippen LogP contribution is -2.44. The molecule has 4 rings (SSSR count). The smallest absolute Gasteiger partial charge is 0.302 e. The Kier molecular flexibility index (Phi) is 2.89. The molecule has 0 aliphatic carbocycles. The second-order valence-electron chi connectivity index (χ2n) is 5.90. The van der Waals surface area contributed by atoms with Crippen LogP contribution in [0.15, 0.2) is 36.7 Å². The molecule has 7 heteroatoms. The summed E-state index contributed by atoms with van der Waals surface area (Å²) >= 11 is 0. The van der Waals surface area contributed by atoms with Crippen molar-refractivity contribution >= 4 is 23.5 Å². The predicted molar refractivity (Wildman–Crippen MR) is 77.1 cm³/mol. The van der Waals surface area contributed by atoms with Crippen molar-refractivity contribution in [2.75, 3.05) is 11.5 Å². The van der Waals surface area contributed by atoms with E-state index in [0.29, 0.717) is 5.69 Å². The second kappa shape index (κ2) is 4.73. The number of hydrogen-bond donors (Lipinski definition) is 0. The van der Waals surface area contributed by atoms with Crippen LogP contribution in [0.2, 0.25) is 0 Å². The van der Waals surface area contributed by atoms with Crippen LogP contribution in [0.1, 0.15) is 6.92 Å². The number of amides is 2. The number of pyridine rings is 1. The highest BCUT2D eigenvalue weighted by Crippen LogP contribution is 2.52. The van der Waals surface area contributed by atoms with Gasteiger partial charge in [-0.05, 0) is 18.2 Å². The Hall–Kier alpha value is -2.54. The molecule has 2 amide bonds. The fraction of sp³-hybridized carbons (Fsp3) is 0.375. The molecule has 2 fully saturated rings. The SMILES string of the molecule is CC(=O)OC[C@@]12C=C[C@@H](O1)[C@H]1C(=O)N(c3ccncc3)C(=O)[C@H]12. The van der Waals surface area contributed by atoms with E-state index in [1.165, 1.54) is 24.2 Å². The fourth-order valence-electron chi connectivity index (χ4n) is 3.63. The Balaban J connectivity index is 1.70. The van der Waals surface area contributed by atoms with Crippen LogP contribution in [0, 0.1) is 11.8 Å². The molecule has 4 atom stereocenters. The maximum atomic E-state index is 12.9. The first-order chi connectivity index (χ1) is 11.0. The molecule has 118 valence electrons. The van der Waals surface area contributed by atoms with Gasteiger partial charge in [0, 0.05) is 19.3 Å². The van der Waals surface area contributed by atoms with Crippen LogP contribution in [0.4, 0.5) is 5.69 Å². The van der Waals surface area contributed by atoms with Crippen molar-refractivity contribution in [2.45, 2.75) is 18.6 Å². The second-order valence-corrected chi connectivity index (χ2v) is 5.90. The lowest BCUT2D eigenvalue weighted by Gasteiger charge is -2.28. The Bertz CT molecular complexity index is 731. The lowest BCUT2D eigenvalue weighted by atomic mass is 9.77. The van der Waals surface area contributed by atoms with Crippen molar-refractivity contribution in [3.05, 3.63) is 36.7 Å². The summed E-state index contributed by atoms with van der Waals surface area (Å²) < 4.78 is 10.9. The molecule has 4 heterocycles. The van der Waals surface area contributed by atoms with Crippen LogP contribution < -0.4 is 4.90 Å². The first-order valence-electron chi connectivity index (χ1n) is 7.32. The molecule has 1 aromatic rings. The van der Waals surface area contributed by atoms with Gasteiger partial charge in [-0.15, -0.1) is 0 Å². The predicted octanol–water partition coefficient (Wildman–Crippen LogP) is 0.458. The third kappa shape index (κ3) is 1.86. The minimum atomic E-state index is -1.05. The number of aromatic nitrogens is 1. The number of ether oxygens (including phenoxy) is 2. The zero-order valence-corrected chi connectivity index (χ0v) is 12.3. The Morgan fingerprint density at radius 2 is 2.09 bits per heavy atom. The van der Waals surface area contributed by atoms with Gasteiger partial charge in [0.2, 0.25) is 11.8 Å². The third-order valence-corrected chi connectivity index (χ3v) is 4.58. The van der Waals surface area contributed by atoms with Gasteiger partial charge in [-0.25, -0.2) is 4.90 Å². The van der Waals surface area contributed by atoms with Crippen LogP contribution in [0.25, 0.3) is 0 Å². The molecule has 3 aliphatic rings. The van der Waals surface area contributed by atoms with Crippen LogP contribution in [-0.2, 0) is 23.9 Å². The van der Waals surface area contributed by atoms with E-state index in [1.807, 2.05) is 0 Å². The Morgan fingerprint density at radius 1 is 1.35 bits per heavy atom. The summed E-state index contributed by atoms with van der Waals surface area (Å²) in [6, 6.07) is 3.23. The number of hydrogen-bond acceptors (Lipinski definition) is 6. The van der Waals surface area contributed by atoms with Crippen molar-refractivity contribution in [2.24, 2.45) is 11.8 Å². The van der Waals surface area contributed by atoms with Crippen LogP contribution in [-0.4, -0.2) is 41.1 Å². The van der Waals surface area contributed by atoms with Gasteiger partial charge in [0.1, 0.15) is 12.2 Å². The summed E-state index contributed by atoms with van der Waals surface area (Å²) in [5, 5.41) is 0. The number of rotatable bonds is 3. The van der Waals surface area contributed by atoms with Gasteiger partial charge in [-0.2, -0.15) is 0 Å². The van der Waals surface area contributed by atoms with E-state index in [-0.39, 0.29) is 18.4 Å². The summed E-state index contributed by atoms with van der Waals surface area (Å²) in [6.45, 7) is 1.23. The van der Waals surface area contributed by atoms with E-state index < -0.39 is 29.5 Å². The lowest BCUT2D eigenvalue weighted by molar-refractivity contribution is -0.150. The number of carbonyl (C=O) groups excluding carboxylic acids is 3. The summed E-state index contributed by atoms with van der Waals surface area (Å²) in [5.74, 6) is -2.31. The van der Waals surface area contributed by atoms with Crippen molar-refractivity contribution in [3.63, 3.8) is 0 Å². The average molecular weight is 314 g/mol. The standard InChI is InChI=1S/C16H14N2O5/c1-9(19)22-8-16-5-2-11(23-16)12-13(16)15(21)18(14(12)20)10-3-6-17-7-4-10/h2-7,11-13H,8H2,1H3/t11-,12-,13+,16-/m1/s1. The number of nitrogens with zero attached hydrogens (tertiary/aromatic N) is 2. The third-order valence-electron chi connectivity index (χ3n) is 4.58. The molecule has 0 saturated carbocycles. The maximum Gasteiger partial charge on any atom is 0.302 e. The Labute approximate surface area is 131 Å². The summed E-state index contributed by atoms with van der Waals surface area (Å²) in [7, 11) is 0. The number of imide groups is 1. The van der Waals surface area contributed by atoms with Gasteiger partial charge in [0.25, 0.3) is 0 Å². The van der Waals surface area contributed by atoms with Crippen molar-refractivity contribution < 1.29 is 23.9 Å². The quantitative estimate of drug-likeness (QED) is 0.458. The molecule has 1 aromatic heterocycles. The first kappa shape index (κ1) is 14.1. The molecule has 0 spiro atoms. The summed E-state index contributed by atoms with van der Waals surface area (Å²) in [6.07, 6.45) is 6.11. The zero-order chi connectivity index (χ0) is 16.2. The zero-order valence-electron chi connectivity index (χ0n) is 12.3. The summed E-state index contributed by atoms with van der Waals surface area (Å²) in [4.78, 5) is 41.8. The molecular weight excluding hydrogens is 300 g/mol. The monoisotopic (exact) mass is 314 g/mol. The normalized spacial score (nSPS) is 34.1. The molecular formula is C16H14N2O5. The van der Waals surface area contributed by atoms with Crippen LogP contribution in [0.5, 0.6) is 0 Å². The molecule has 2 saturated heterocycles. The summed E-state index contributed by atoms with van der Waals surface area (Å²) in [5.41, 5.74) is -0.554. The molecule has 3 aliphatic heterocycles. The number of anilines is 1. The molecule has 0 radical (unpaired) electrons. The first-order valence-corrected chi connectivity index (χ1v) is 7.32. The van der Waals surface area contributed by atoms with Gasteiger partial charge >= 0.3 is 5.97 Å². The largest absolute Gasteiger partial charge is 0.462 e. The van der Waals surface area contributed by atoms with E-state index in [1.54, 1.807) is 24.3 Å². The number of fused-ring (bicyclic) bond motifs is 5. The van der Waals surface area contributed by atoms with E-state index in [2.05, 4.69) is 4.98 Å². The van der Waals surface area contributed by atoms with Gasteiger partial charge in [0.05, 0.1) is 23.6 Å². The number of esters is 1. The van der Waals surface area contributed by atoms with Crippen molar-refractivity contribution in [1.29, 1.82) is 0 Å². The van der Waals surface area contributed by atoms with Gasteiger partial charge in [0.15, 0.2) is 0 Å². The van der Waals surface area contributed by atoms with E-state index in [4.69, 9.17) is 9.47 Å². The molecule has 0 aromatic carbocycles. The Morgan fingerprint density at radius 3 is 2.78 bits per heavy atom.